The van der Waals surface area contributed by atoms with E-state index in [1.807, 2.05) is 31.3 Å². The van der Waals surface area contributed by atoms with Crippen molar-refractivity contribution in [3.63, 3.8) is 0 Å². The minimum absolute atomic E-state index is 0.0233. The number of nitrogens with one attached hydrogen (secondary N) is 1. The maximum absolute atomic E-state index is 13.6. The zero-order chi connectivity index (χ0) is 21.0. The summed E-state index contributed by atoms with van der Waals surface area (Å²) < 4.78 is 31.6. The molecule has 3 rings (SSSR count). The number of benzene rings is 2. The van der Waals surface area contributed by atoms with Crippen LogP contribution in [-0.2, 0) is 6.54 Å². The van der Waals surface area contributed by atoms with Crippen LogP contribution in [0.5, 0.6) is 17.2 Å². The van der Waals surface area contributed by atoms with Gasteiger partial charge in [0.1, 0.15) is 5.82 Å². The fraction of sp³-hybridized carbons (Fsp3) is 0.318. The van der Waals surface area contributed by atoms with E-state index in [1.165, 1.54) is 12.1 Å². The van der Waals surface area contributed by atoms with Gasteiger partial charge in [0.15, 0.2) is 11.5 Å². The summed E-state index contributed by atoms with van der Waals surface area (Å²) in [5.74, 6) is 1.54. The van der Waals surface area contributed by atoms with Crippen molar-refractivity contribution < 1.29 is 18.6 Å². The summed E-state index contributed by atoms with van der Waals surface area (Å²) in [5, 5.41) is 7.93. The molecule has 1 atom stereocenters. The average Bonchev–Trinajstić information content (AvgIpc) is 3.12. The van der Waals surface area contributed by atoms with Crippen molar-refractivity contribution >= 4 is 0 Å². The topological polar surface area (TPSA) is 57.5 Å². The number of aromatic nitrogens is 2. The van der Waals surface area contributed by atoms with Crippen LogP contribution in [-0.4, -0.2) is 31.1 Å². The van der Waals surface area contributed by atoms with Crippen LogP contribution in [0.25, 0.3) is 5.69 Å². The molecule has 0 aliphatic heterocycles. The number of hydrogen-bond donors (Lipinski definition) is 1. The zero-order valence-corrected chi connectivity index (χ0v) is 17.3. The normalized spacial score (nSPS) is 11.9. The van der Waals surface area contributed by atoms with Crippen molar-refractivity contribution in [1.82, 2.24) is 15.1 Å². The van der Waals surface area contributed by atoms with Gasteiger partial charge in [-0.05, 0) is 38.1 Å². The SMILES string of the molecule is COc1ccc(CN[C@H](C)c2cnn(-c3cccc(F)c3)c2C)c(OC)c1OC. The molecule has 29 heavy (non-hydrogen) atoms. The highest BCUT2D eigenvalue weighted by Crippen LogP contribution is 2.39. The Hall–Kier alpha value is -3.06. The van der Waals surface area contributed by atoms with Gasteiger partial charge in [0.25, 0.3) is 0 Å². The molecule has 0 amide bonds. The predicted octanol–water partition coefficient (Wildman–Crippen LogP) is 4.20. The van der Waals surface area contributed by atoms with Crippen LogP contribution in [0.2, 0.25) is 0 Å². The largest absolute Gasteiger partial charge is 0.493 e. The molecule has 0 fully saturated rings. The molecule has 0 unspecified atom stereocenters. The van der Waals surface area contributed by atoms with Crippen LogP contribution in [0.3, 0.4) is 0 Å². The minimum atomic E-state index is -0.286. The van der Waals surface area contributed by atoms with Crippen molar-refractivity contribution in [2.75, 3.05) is 21.3 Å². The lowest BCUT2D eigenvalue weighted by molar-refractivity contribution is 0.321. The van der Waals surface area contributed by atoms with Gasteiger partial charge in [0.05, 0.1) is 33.2 Å². The monoisotopic (exact) mass is 399 g/mol. The fourth-order valence-corrected chi connectivity index (χ4v) is 3.39. The van der Waals surface area contributed by atoms with Gasteiger partial charge in [-0.3, -0.25) is 0 Å². The first kappa shape index (κ1) is 20.7. The predicted molar refractivity (Wildman–Crippen MR) is 110 cm³/mol. The lowest BCUT2D eigenvalue weighted by Crippen LogP contribution is -2.19. The second kappa shape index (κ2) is 8.96. The van der Waals surface area contributed by atoms with E-state index >= 15 is 0 Å². The lowest BCUT2D eigenvalue weighted by Gasteiger charge is -2.18. The second-order valence-electron chi connectivity index (χ2n) is 6.67. The van der Waals surface area contributed by atoms with Crippen LogP contribution in [0.1, 0.15) is 29.8 Å². The highest BCUT2D eigenvalue weighted by molar-refractivity contribution is 5.55. The van der Waals surface area contributed by atoms with Crippen molar-refractivity contribution in [3.05, 3.63) is 65.2 Å². The molecule has 0 saturated carbocycles. The summed E-state index contributed by atoms with van der Waals surface area (Å²) in [6.45, 7) is 4.60. The van der Waals surface area contributed by atoms with Crippen molar-refractivity contribution in [2.24, 2.45) is 0 Å². The van der Waals surface area contributed by atoms with Crippen molar-refractivity contribution in [2.45, 2.75) is 26.4 Å². The Labute approximate surface area is 170 Å². The van der Waals surface area contributed by atoms with E-state index in [2.05, 4.69) is 17.3 Å². The third kappa shape index (κ3) is 4.19. The maximum atomic E-state index is 13.6. The summed E-state index contributed by atoms with van der Waals surface area (Å²) in [5.41, 5.74) is 3.64. The molecule has 0 radical (unpaired) electrons. The molecule has 1 N–H and O–H groups in total. The van der Waals surface area contributed by atoms with Crippen molar-refractivity contribution in [1.29, 1.82) is 0 Å². The van der Waals surface area contributed by atoms with Gasteiger partial charge in [-0.15, -0.1) is 0 Å². The van der Waals surface area contributed by atoms with Crippen LogP contribution in [0, 0.1) is 12.7 Å². The van der Waals surface area contributed by atoms with E-state index in [4.69, 9.17) is 14.2 Å². The van der Waals surface area contributed by atoms with Crippen LogP contribution >= 0.6 is 0 Å². The first-order chi connectivity index (χ1) is 14.0. The van der Waals surface area contributed by atoms with Gasteiger partial charge >= 0.3 is 0 Å². The molecule has 3 aromatic rings. The Balaban J connectivity index is 1.79. The third-order valence-corrected chi connectivity index (χ3v) is 4.95. The maximum Gasteiger partial charge on any atom is 0.203 e. The molecule has 1 aromatic heterocycles. The Bertz CT molecular complexity index is 987. The summed E-state index contributed by atoms with van der Waals surface area (Å²) in [7, 11) is 4.79. The van der Waals surface area contributed by atoms with Crippen molar-refractivity contribution in [3.8, 4) is 22.9 Å². The highest BCUT2D eigenvalue weighted by atomic mass is 19.1. The molecular formula is C22H26FN3O3. The van der Waals surface area contributed by atoms with E-state index in [0.29, 0.717) is 29.5 Å². The number of nitrogens with zero attached hydrogens (tertiary/aromatic N) is 2. The van der Waals surface area contributed by atoms with E-state index in [9.17, 15) is 4.39 Å². The molecule has 0 saturated heterocycles. The summed E-state index contributed by atoms with van der Waals surface area (Å²) in [6.07, 6.45) is 1.81. The van der Waals surface area contributed by atoms with Crippen LogP contribution < -0.4 is 19.5 Å². The molecule has 0 aliphatic carbocycles. The number of rotatable bonds is 8. The average molecular weight is 399 g/mol. The highest BCUT2D eigenvalue weighted by Gasteiger charge is 2.18. The summed E-state index contributed by atoms with van der Waals surface area (Å²) in [4.78, 5) is 0. The summed E-state index contributed by atoms with van der Waals surface area (Å²) in [6, 6.07) is 10.2. The molecular weight excluding hydrogens is 373 g/mol. The molecule has 0 spiro atoms. The second-order valence-corrected chi connectivity index (χ2v) is 6.67. The molecule has 0 bridgehead atoms. The Kier molecular flexibility index (Phi) is 6.39. The lowest BCUT2D eigenvalue weighted by atomic mass is 10.1. The molecule has 0 aliphatic rings. The van der Waals surface area contributed by atoms with Gasteiger partial charge < -0.3 is 19.5 Å². The number of ether oxygens (including phenoxy) is 3. The van der Waals surface area contributed by atoms with E-state index in [-0.39, 0.29) is 11.9 Å². The van der Waals surface area contributed by atoms with E-state index in [0.717, 1.165) is 16.8 Å². The fourth-order valence-electron chi connectivity index (χ4n) is 3.39. The minimum Gasteiger partial charge on any atom is -0.493 e. The van der Waals surface area contributed by atoms with Gasteiger partial charge in [0.2, 0.25) is 5.75 Å². The van der Waals surface area contributed by atoms with E-state index in [1.54, 1.807) is 32.1 Å². The standard InChI is InChI=1S/C22H26FN3O3/c1-14(19-13-25-26(15(19)2)18-8-6-7-17(23)11-18)24-12-16-9-10-20(27-3)22(29-5)21(16)28-4/h6-11,13-14,24H,12H2,1-5H3/t14-/m1/s1. The zero-order valence-electron chi connectivity index (χ0n) is 17.3. The van der Waals surface area contributed by atoms with Crippen LogP contribution in [0.4, 0.5) is 4.39 Å². The van der Waals surface area contributed by atoms with E-state index < -0.39 is 0 Å². The molecule has 154 valence electrons. The number of halogens is 1. The smallest absolute Gasteiger partial charge is 0.203 e. The van der Waals surface area contributed by atoms with Gasteiger partial charge in [0, 0.05) is 29.4 Å². The summed E-state index contributed by atoms with van der Waals surface area (Å²) >= 11 is 0. The first-order valence-corrected chi connectivity index (χ1v) is 9.31. The van der Waals surface area contributed by atoms with Gasteiger partial charge in [-0.25, -0.2) is 9.07 Å². The van der Waals surface area contributed by atoms with Gasteiger partial charge in [-0.2, -0.15) is 5.10 Å². The Morgan fingerprint density at radius 3 is 2.48 bits per heavy atom. The molecule has 7 heteroatoms. The quantitative estimate of drug-likeness (QED) is 0.615. The molecule has 1 heterocycles. The number of methoxy groups -OCH3 is 3. The molecule has 2 aromatic carbocycles. The Morgan fingerprint density at radius 1 is 1.07 bits per heavy atom. The molecule has 6 nitrogen and oxygen atoms in total. The number of hydrogen-bond acceptors (Lipinski definition) is 5. The van der Waals surface area contributed by atoms with Crippen LogP contribution in [0.15, 0.2) is 42.6 Å². The van der Waals surface area contributed by atoms with Gasteiger partial charge in [-0.1, -0.05) is 12.1 Å². The third-order valence-electron chi connectivity index (χ3n) is 4.95. The first-order valence-electron chi connectivity index (χ1n) is 9.31. The Morgan fingerprint density at radius 2 is 1.83 bits per heavy atom.